The molecule has 1 heterocycles. The molecule has 1 amide bonds. The average molecular weight is 976 g/mol. The third-order valence-electron chi connectivity index (χ3n) is 13.1. The van der Waals surface area contributed by atoms with Crippen LogP contribution in [-0.4, -0.2) is 100 Å². The number of hydrogen-bond acceptors (Lipinski definition) is 10. The molecule has 11 heteroatoms. The number of carbonyl (C=O) groups excluding carboxylic acids is 2. The summed E-state index contributed by atoms with van der Waals surface area (Å²) in [7, 11) is 0. The van der Waals surface area contributed by atoms with E-state index >= 15 is 0 Å². The van der Waals surface area contributed by atoms with Gasteiger partial charge in [-0.3, -0.25) is 9.59 Å². The molecule has 69 heavy (non-hydrogen) atoms. The molecule has 1 aliphatic rings. The van der Waals surface area contributed by atoms with Crippen molar-refractivity contribution in [3.8, 4) is 0 Å². The molecule has 0 spiro atoms. The molecule has 0 aromatic rings. The van der Waals surface area contributed by atoms with Crippen molar-refractivity contribution in [1.82, 2.24) is 5.32 Å². The summed E-state index contributed by atoms with van der Waals surface area (Å²) in [6, 6.07) is -0.839. The first-order valence-electron chi connectivity index (χ1n) is 28.4. The summed E-state index contributed by atoms with van der Waals surface area (Å²) in [5, 5.41) is 54.1. The van der Waals surface area contributed by atoms with Crippen molar-refractivity contribution in [1.29, 1.82) is 0 Å². The molecule has 1 rings (SSSR count). The monoisotopic (exact) mass is 976 g/mol. The van der Waals surface area contributed by atoms with E-state index in [1.807, 2.05) is 6.08 Å². The van der Waals surface area contributed by atoms with Crippen molar-refractivity contribution in [2.24, 2.45) is 0 Å². The first-order chi connectivity index (χ1) is 33.7. The fourth-order valence-electron chi connectivity index (χ4n) is 8.56. The van der Waals surface area contributed by atoms with Crippen LogP contribution in [0.3, 0.4) is 0 Å². The van der Waals surface area contributed by atoms with Crippen LogP contribution in [0.25, 0.3) is 0 Å². The number of aliphatic hydroxyl groups is 5. The number of aliphatic hydroxyl groups excluding tert-OH is 5. The van der Waals surface area contributed by atoms with Gasteiger partial charge in [-0.15, -0.1) is 0 Å². The van der Waals surface area contributed by atoms with Gasteiger partial charge >= 0.3 is 5.97 Å². The van der Waals surface area contributed by atoms with Crippen molar-refractivity contribution < 1.29 is 49.3 Å². The zero-order valence-electron chi connectivity index (χ0n) is 44.0. The number of nitrogens with one attached hydrogen (secondary N) is 1. The second-order valence-corrected chi connectivity index (χ2v) is 19.6. The molecule has 0 aromatic heterocycles. The van der Waals surface area contributed by atoms with E-state index in [1.54, 1.807) is 6.08 Å². The highest BCUT2D eigenvalue weighted by Gasteiger charge is 2.44. The van der Waals surface area contributed by atoms with E-state index in [9.17, 15) is 35.1 Å². The van der Waals surface area contributed by atoms with Gasteiger partial charge in [0.25, 0.3) is 0 Å². The lowest BCUT2D eigenvalue weighted by Gasteiger charge is -2.40. The first-order valence-corrected chi connectivity index (χ1v) is 28.4. The summed E-state index contributed by atoms with van der Waals surface area (Å²) < 4.78 is 16.6. The van der Waals surface area contributed by atoms with Gasteiger partial charge in [-0.1, -0.05) is 184 Å². The van der Waals surface area contributed by atoms with Gasteiger partial charge in [0.1, 0.15) is 24.4 Å². The maximum atomic E-state index is 13.0. The first kappa shape index (κ1) is 64.6. The van der Waals surface area contributed by atoms with Gasteiger partial charge in [0, 0.05) is 12.8 Å². The number of ether oxygens (including phenoxy) is 3. The largest absolute Gasteiger partial charge is 0.466 e. The van der Waals surface area contributed by atoms with E-state index in [2.05, 4.69) is 55.6 Å². The molecular formula is C58H105NO10. The molecule has 6 N–H and O–H groups in total. The Labute approximate surface area is 421 Å². The molecular weight excluding hydrogens is 871 g/mol. The third-order valence-corrected chi connectivity index (χ3v) is 13.1. The Kier molecular flexibility index (Phi) is 44.9. The number of rotatable bonds is 48. The quantitative estimate of drug-likeness (QED) is 0.0196. The Morgan fingerprint density at radius 3 is 1.46 bits per heavy atom. The molecule has 7 unspecified atom stereocenters. The van der Waals surface area contributed by atoms with E-state index in [-0.39, 0.29) is 18.5 Å². The molecule has 0 saturated carbocycles. The number of hydrogen-bond donors (Lipinski definition) is 6. The lowest BCUT2D eigenvalue weighted by molar-refractivity contribution is -0.302. The predicted molar refractivity (Wildman–Crippen MR) is 283 cm³/mol. The highest BCUT2D eigenvalue weighted by molar-refractivity contribution is 5.76. The van der Waals surface area contributed by atoms with E-state index in [0.717, 1.165) is 89.9 Å². The van der Waals surface area contributed by atoms with Gasteiger partial charge in [0.15, 0.2) is 6.29 Å². The predicted octanol–water partition coefficient (Wildman–Crippen LogP) is 12.5. The van der Waals surface area contributed by atoms with E-state index in [0.29, 0.717) is 19.4 Å². The van der Waals surface area contributed by atoms with Crippen molar-refractivity contribution in [3.63, 3.8) is 0 Å². The Balaban J connectivity index is 2.07. The van der Waals surface area contributed by atoms with E-state index in [1.165, 1.54) is 128 Å². The summed E-state index contributed by atoms with van der Waals surface area (Å²) >= 11 is 0. The van der Waals surface area contributed by atoms with Gasteiger partial charge in [0.05, 0.1) is 32.0 Å². The Bertz CT molecular complexity index is 1290. The fraction of sp³-hybridized carbons (Fsp3) is 0.828. The van der Waals surface area contributed by atoms with Gasteiger partial charge in [-0.05, 0) is 96.3 Å². The minimum absolute atomic E-state index is 0.0299. The lowest BCUT2D eigenvalue weighted by atomic mass is 9.99. The van der Waals surface area contributed by atoms with Crippen LogP contribution in [-0.2, 0) is 23.8 Å². The van der Waals surface area contributed by atoms with Crippen LogP contribution in [0, 0.1) is 0 Å². The molecule has 11 nitrogen and oxygen atoms in total. The van der Waals surface area contributed by atoms with Crippen LogP contribution in [0.5, 0.6) is 0 Å². The summed E-state index contributed by atoms with van der Waals surface area (Å²) in [6.07, 6.45) is 49.3. The van der Waals surface area contributed by atoms with Crippen molar-refractivity contribution in [2.75, 3.05) is 19.8 Å². The zero-order chi connectivity index (χ0) is 50.3. The van der Waals surface area contributed by atoms with Crippen molar-refractivity contribution in [3.05, 3.63) is 48.6 Å². The molecule has 0 aromatic carbocycles. The summed E-state index contributed by atoms with van der Waals surface area (Å²) in [6.45, 7) is 4.22. The maximum absolute atomic E-state index is 13.0. The minimum Gasteiger partial charge on any atom is -0.466 e. The van der Waals surface area contributed by atoms with Gasteiger partial charge in [0.2, 0.25) is 5.91 Å². The Hall–Kier alpha value is -2.38. The normalized spacial score (nSPS) is 19.7. The molecule has 1 saturated heterocycles. The summed E-state index contributed by atoms with van der Waals surface area (Å²) in [5.74, 6) is -0.243. The maximum Gasteiger partial charge on any atom is 0.305 e. The lowest BCUT2D eigenvalue weighted by Crippen LogP contribution is -2.60. The highest BCUT2D eigenvalue weighted by Crippen LogP contribution is 2.23. The fourth-order valence-corrected chi connectivity index (χ4v) is 8.56. The van der Waals surface area contributed by atoms with Crippen LogP contribution in [0.15, 0.2) is 48.6 Å². The molecule has 402 valence electrons. The van der Waals surface area contributed by atoms with Gasteiger partial charge in [-0.25, -0.2) is 0 Å². The van der Waals surface area contributed by atoms with Crippen molar-refractivity contribution in [2.45, 2.75) is 288 Å². The third kappa shape index (κ3) is 38.0. The van der Waals surface area contributed by atoms with Crippen molar-refractivity contribution >= 4 is 11.9 Å². The molecule has 7 atom stereocenters. The van der Waals surface area contributed by atoms with E-state index < -0.39 is 49.5 Å². The van der Waals surface area contributed by atoms with Crippen LogP contribution >= 0.6 is 0 Å². The number of unbranched alkanes of at least 4 members (excludes halogenated alkanes) is 28. The second kappa shape index (κ2) is 47.9. The zero-order valence-corrected chi connectivity index (χ0v) is 44.0. The van der Waals surface area contributed by atoms with Gasteiger partial charge < -0.3 is 45.1 Å². The smallest absolute Gasteiger partial charge is 0.305 e. The number of allylic oxidation sites excluding steroid dienone is 7. The SMILES string of the molecule is CCCCC/C=C/CC/C=C/C(O)C(COC1OC(CO)C(O)C(O)C1O)NC(=O)CCCCCCC/C=C\CCCCCCCCCOC(=O)CCCCCCC/C=C\CCCCCCCCC. The Morgan fingerprint density at radius 2 is 0.942 bits per heavy atom. The average Bonchev–Trinajstić information content (AvgIpc) is 3.34. The van der Waals surface area contributed by atoms with Crippen LogP contribution in [0.4, 0.5) is 0 Å². The number of amides is 1. The molecule has 0 aliphatic carbocycles. The molecule has 0 radical (unpaired) electrons. The van der Waals surface area contributed by atoms with Crippen LogP contribution in [0.2, 0.25) is 0 Å². The number of esters is 1. The molecule has 0 bridgehead atoms. The number of carbonyl (C=O) groups is 2. The minimum atomic E-state index is -1.58. The standard InChI is InChI=1S/C58H105NO10/c1-3-5-7-9-11-13-14-15-16-20-23-26-30-34-38-42-46-54(63)67-47-43-39-35-31-27-24-21-18-17-19-22-25-29-33-37-41-45-53(62)59-50(51(61)44-40-36-32-28-12-10-8-6-4-2)49-68-58-57(66)56(65)55(64)52(48-60)69-58/h12,16-17,19-20,28,40,44,50-52,55-58,60-61,64-66H,3-11,13-15,18,21-27,29-39,41-43,45-49H2,1-2H3,(H,59,62)/b19-17-,20-16-,28-12+,44-40+. The highest BCUT2D eigenvalue weighted by atomic mass is 16.7. The van der Waals surface area contributed by atoms with E-state index in [4.69, 9.17) is 14.2 Å². The molecule has 1 fully saturated rings. The molecule has 1 aliphatic heterocycles. The van der Waals surface area contributed by atoms with Crippen LogP contribution in [0.1, 0.15) is 245 Å². The summed E-state index contributed by atoms with van der Waals surface area (Å²) in [4.78, 5) is 25.0. The Morgan fingerprint density at radius 1 is 0.522 bits per heavy atom. The second-order valence-electron chi connectivity index (χ2n) is 19.6. The topological polar surface area (TPSA) is 175 Å². The van der Waals surface area contributed by atoms with Crippen LogP contribution < -0.4 is 5.32 Å². The van der Waals surface area contributed by atoms with Gasteiger partial charge in [-0.2, -0.15) is 0 Å². The summed E-state index contributed by atoms with van der Waals surface area (Å²) in [5.41, 5.74) is 0.